The van der Waals surface area contributed by atoms with Crippen LogP contribution in [0, 0.1) is 36.5 Å². The first-order chi connectivity index (χ1) is 17.8. The molecule has 0 atom stereocenters. The van der Waals surface area contributed by atoms with E-state index in [1.165, 1.54) is 0 Å². The number of rotatable bonds is 4. The lowest BCUT2D eigenvalue weighted by molar-refractivity contribution is -0.116. The molecule has 7 heteroatoms. The van der Waals surface area contributed by atoms with Crippen molar-refractivity contribution in [1.29, 1.82) is 10.5 Å². The van der Waals surface area contributed by atoms with Crippen molar-refractivity contribution in [3.8, 4) is 12.1 Å². The van der Waals surface area contributed by atoms with Crippen LogP contribution in [0.1, 0.15) is 40.4 Å². The fraction of sp³-hybridized carbons (Fsp3) is 0.133. The van der Waals surface area contributed by atoms with Crippen LogP contribution in [0.15, 0.2) is 60.3 Å². The average molecular weight is 485 g/mol. The predicted molar refractivity (Wildman–Crippen MR) is 146 cm³/mol. The summed E-state index contributed by atoms with van der Waals surface area (Å²) in [7, 11) is 0. The van der Waals surface area contributed by atoms with Crippen molar-refractivity contribution < 1.29 is 4.79 Å². The number of fused-ring (bicyclic) bond motifs is 2. The minimum Gasteiger partial charge on any atom is -0.383 e. The lowest BCUT2D eigenvalue weighted by Gasteiger charge is -2.10. The number of carbonyl (C=O) groups excluding carboxylic acids is 1. The lowest BCUT2D eigenvalue weighted by Crippen LogP contribution is -2.18. The Balaban J connectivity index is 1.59. The first kappa shape index (κ1) is 23.6. The second-order valence-corrected chi connectivity index (χ2v) is 9.15. The number of aryl methyl sites for hydroxylation is 1. The van der Waals surface area contributed by atoms with Crippen LogP contribution in [0.3, 0.4) is 0 Å². The summed E-state index contributed by atoms with van der Waals surface area (Å²) in [6.07, 6.45) is 3.94. The van der Waals surface area contributed by atoms with Crippen LogP contribution in [0.25, 0.3) is 28.1 Å². The maximum atomic E-state index is 12.9. The first-order valence-electron chi connectivity index (χ1n) is 11.8. The van der Waals surface area contributed by atoms with Crippen molar-refractivity contribution in [2.75, 3.05) is 11.1 Å². The summed E-state index contributed by atoms with van der Waals surface area (Å²) in [6, 6.07) is 19.9. The Morgan fingerprint density at radius 1 is 1.08 bits per heavy atom. The molecular weight excluding hydrogens is 460 g/mol. The second kappa shape index (κ2) is 9.14. The van der Waals surface area contributed by atoms with E-state index in [0.29, 0.717) is 22.4 Å². The number of allylic oxidation sites excluding steroid dienone is 3. The van der Waals surface area contributed by atoms with E-state index in [0.717, 1.165) is 44.4 Å². The summed E-state index contributed by atoms with van der Waals surface area (Å²) >= 11 is 0. The van der Waals surface area contributed by atoms with Crippen LogP contribution in [-0.4, -0.2) is 15.5 Å². The van der Waals surface area contributed by atoms with Crippen molar-refractivity contribution in [2.24, 2.45) is 0 Å². The summed E-state index contributed by atoms with van der Waals surface area (Å²) in [6.45, 7) is 5.85. The highest BCUT2D eigenvalue weighted by Crippen LogP contribution is 2.44. The number of nitrogen functional groups attached to an aromatic ring is 1. The van der Waals surface area contributed by atoms with Crippen LogP contribution >= 0.6 is 0 Å². The van der Waals surface area contributed by atoms with E-state index in [-0.39, 0.29) is 18.3 Å². The topological polar surface area (TPSA) is 121 Å². The molecule has 0 unspecified atom stereocenters. The monoisotopic (exact) mass is 484 g/mol. The molecule has 0 bridgehead atoms. The molecule has 4 aromatic rings. The maximum Gasteiger partial charge on any atom is 0.244 e. The molecule has 0 saturated carbocycles. The number of para-hydroxylation sites is 1. The molecule has 7 nitrogen and oxygen atoms in total. The zero-order chi connectivity index (χ0) is 26.3. The lowest BCUT2D eigenvalue weighted by atomic mass is 9.95. The number of anilines is 2. The highest BCUT2D eigenvalue weighted by atomic mass is 16.1. The third-order valence-corrected chi connectivity index (χ3v) is 6.75. The molecule has 0 saturated heterocycles. The molecule has 0 radical (unpaired) electrons. The van der Waals surface area contributed by atoms with E-state index < -0.39 is 0 Å². The zero-order valence-electron chi connectivity index (χ0n) is 20.8. The summed E-state index contributed by atoms with van der Waals surface area (Å²) in [5.74, 6) is -0.0104. The van der Waals surface area contributed by atoms with E-state index in [9.17, 15) is 15.3 Å². The minimum absolute atomic E-state index is 0.122. The first-order valence-corrected chi connectivity index (χ1v) is 11.8. The third-order valence-electron chi connectivity index (χ3n) is 6.75. The van der Waals surface area contributed by atoms with Gasteiger partial charge in [-0.15, -0.1) is 0 Å². The number of pyridine rings is 1. The molecule has 5 rings (SSSR count). The van der Waals surface area contributed by atoms with Crippen LogP contribution in [0.5, 0.6) is 0 Å². The highest BCUT2D eigenvalue weighted by molar-refractivity contribution is 6.10. The SMILES string of the molecule is CC1=C(C#N)c2nc(N)c(C#N)c(C)c2C1=Cc1cn(CC(=O)Nc2ccc(C)cc2)c2ccccc12. The van der Waals surface area contributed by atoms with E-state index >= 15 is 0 Å². The van der Waals surface area contributed by atoms with Gasteiger partial charge in [0.05, 0.1) is 16.8 Å². The third kappa shape index (κ3) is 4.03. The molecule has 1 aliphatic carbocycles. The van der Waals surface area contributed by atoms with Crippen LogP contribution in [0.2, 0.25) is 0 Å². The van der Waals surface area contributed by atoms with Gasteiger partial charge in [0.15, 0.2) is 0 Å². The van der Waals surface area contributed by atoms with Crippen LogP contribution in [-0.2, 0) is 11.3 Å². The highest BCUT2D eigenvalue weighted by Gasteiger charge is 2.30. The number of hydrogen-bond donors (Lipinski definition) is 2. The molecule has 0 spiro atoms. The van der Waals surface area contributed by atoms with Gasteiger partial charge in [0, 0.05) is 33.9 Å². The molecule has 0 aliphatic heterocycles. The quantitative estimate of drug-likeness (QED) is 0.391. The van der Waals surface area contributed by atoms with Gasteiger partial charge in [-0.25, -0.2) is 4.98 Å². The molecule has 2 aromatic heterocycles. The van der Waals surface area contributed by atoms with E-state index in [1.807, 2.05) is 86.1 Å². The van der Waals surface area contributed by atoms with Crippen LogP contribution in [0.4, 0.5) is 11.5 Å². The zero-order valence-corrected chi connectivity index (χ0v) is 20.8. The Kier molecular flexibility index (Phi) is 5.83. The number of aromatic nitrogens is 2. The Morgan fingerprint density at radius 2 is 1.81 bits per heavy atom. The van der Waals surface area contributed by atoms with Gasteiger partial charge in [-0.05, 0) is 61.8 Å². The molecule has 180 valence electrons. The van der Waals surface area contributed by atoms with Gasteiger partial charge in [0.1, 0.15) is 24.5 Å². The maximum absolute atomic E-state index is 12.9. The van der Waals surface area contributed by atoms with E-state index in [4.69, 9.17) is 5.73 Å². The number of nitrogens with two attached hydrogens (primary N) is 1. The van der Waals surface area contributed by atoms with E-state index in [1.54, 1.807) is 0 Å². The summed E-state index contributed by atoms with van der Waals surface area (Å²) in [5, 5.41) is 23.4. The molecular formula is C30H24N6O. The Labute approximate surface area is 214 Å². The molecule has 3 N–H and O–H groups in total. The number of hydrogen-bond acceptors (Lipinski definition) is 5. The fourth-order valence-electron chi connectivity index (χ4n) is 4.86. The van der Waals surface area contributed by atoms with Crippen molar-refractivity contribution in [3.05, 3.63) is 93.8 Å². The number of nitrogens with one attached hydrogen (secondary N) is 1. The Bertz CT molecular complexity index is 1740. The van der Waals surface area contributed by atoms with Gasteiger partial charge in [-0.3, -0.25) is 4.79 Å². The van der Waals surface area contributed by atoms with Gasteiger partial charge in [-0.2, -0.15) is 10.5 Å². The smallest absolute Gasteiger partial charge is 0.244 e. The van der Waals surface area contributed by atoms with Gasteiger partial charge in [0.2, 0.25) is 5.91 Å². The van der Waals surface area contributed by atoms with Gasteiger partial charge < -0.3 is 15.6 Å². The van der Waals surface area contributed by atoms with Crippen molar-refractivity contribution in [3.63, 3.8) is 0 Å². The van der Waals surface area contributed by atoms with Crippen LogP contribution < -0.4 is 11.1 Å². The Morgan fingerprint density at radius 3 is 2.51 bits per heavy atom. The fourth-order valence-corrected chi connectivity index (χ4v) is 4.86. The van der Waals surface area contributed by atoms with E-state index in [2.05, 4.69) is 22.4 Å². The second-order valence-electron chi connectivity index (χ2n) is 9.15. The Hall–Kier alpha value is -5.14. The average Bonchev–Trinajstić information content (AvgIpc) is 3.35. The number of nitriles is 2. The van der Waals surface area contributed by atoms with Crippen molar-refractivity contribution in [1.82, 2.24) is 9.55 Å². The van der Waals surface area contributed by atoms with Crippen molar-refractivity contribution in [2.45, 2.75) is 27.3 Å². The molecule has 37 heavy (non-hydrogen) atoms. The number of amides is 1. The van der Waals surface area contributed by atoms with Gasteiger partial charge in [0.25, 0.3) is 0 Å². The van der Waals surface area contributed by atoms with Crippen molar-refractivity contribution >= 4 is 45.5 Å². The van der Waals surface area contributed by atoms with Gasteiger partial charge in [-0.1, -0.05) is 35.9 Å². The predicted octanol–water partition coefficient (Wildman–Crippen LogP) is 5.60. The summed E-state index contributed by atoms with van der Waals surface area (Å²) in [4.78, 5) is 17.3. The molecule has 1 aliphatic rings. The largest absolute Gasteiger partial charge is 0.383 e. The summed E-state index contributed by atoms with van der Waals surface area (Å²) in [5.41, 5.74) is 14.0. The standard InChI is InChI=1S/C30H24N6O/c1-17-8-10-21(11-9-17)34-27(37)16-36-15-20(22-6-4-5-7-26(22)36)12-23-18(2)24(13-31)29-28(23)19(3)25(14-32)30(33)35-29/h4-12,15H,16H2,1-3H3,(H2,33,35)(H,34,37). The molecule has 2 heterocycles. The number of carbonyl (C=O) groups is 1. The number of nitrogens with zero attached hydrogens (tertiary/aromatic N) is 4. The number of benzene rings is 2. The van der Waals surface area contributed by atoms with Gasteiger partial charge >= 0.3 is 0 Å². The normalized spacial score (nSPS) is 13.5. The minimum atomic E-state index is -0.132. The molecule has 1 amide bonds. The molecule has 2 aromatic carbocycles. The summed E-state index contributed by atoms with van der Waals surface area (Å²) < 4.78 is 1.92. The molecule has 0 fully saturated rings.